The predicted molar refractivity (Wildman–Crippen MR) is 109 cm³/mol. The van der Waals surface area contributed by atoms with E-state index >= 15 is 0 Å². The average molecular weight is 377 g/mol. The minimum Gasteiger partial charge on any atom is -0.494 e. The van der Waals surface area contributed by atoms with Crippen LogP contribution in [0.4, 0.5) is 0 Å². The van der Waals surface area contributed by atoms with Gasteiger partial charge in [0.1, 0.15) is 11.7 Å². The Balaban J connectivity index is 1.54. The van der Waals surface area contributed by atoms with Crippen LogP contribution < -0.4 is 4.74 Å². The molecule has 1 heterocycles. The molecule has 0 spiro atoms. The van der Waals surface area contributed by atoms with E-state index in [9.17, 15) is 9.59 Å². The third kappa shape index (κ3) is 7.14. The monoisotopic (exact) mass is 376 g/mol. The van der Waals surface area contributed by atoms with Gasteiger partial charge in [-0.2, -0.15) is 0 Å². The number of ether oxygens (including phenoxy) is 1. The molecule has 2 rings (SSSR count). The van der Waals surface area contributed by atoms with E-state index in [4.69, 9.17) is 4.74 Å². The maximum Gasteiger partial charge on any atom is 0.204 e. The van der Waals surface area contributed by atoms with Crippen molar-refractivity contribution in [3.63, 3.8) is 0 Å². The van der Waals surface area contributed by atoms with Gasteiger partial charge in [0, 0.05) is 0 Å². The number of carbonyl (C=O) groups is 2. The molecule has 1 aromatic carbocycles. The summed E-state index contributed by atoms with van der Waals surface area (Å²) >= 11 is 1.12. The molecule has 0 amide bonds. The molecule has 0 aliphatic carbocycles. The zero-order chi connectivity index (χ0) is 18.6. The largest absolute Gasteiger partial charge is 0.494 e. The number of hydrogen-bond donors (Lipinski definition) is 0. The van der Waals surface area contributed by atoms with Crippen LogP contribution >= 0.6 is 11.8 Å². The lowest BCUT2D eigenvalue weighted by Gasteiger charge is -2.09. The molecule has 3 nitrogen and oxygen atoms in total. The highest BCUT2D eigenvalue weighted by atomic mass is 32.2. The number of ketones is 1. The lowest BCUT2D eigenvalue weighted by molar-refractivity contribution is -0.122. The molecule has 26 heavy (non-hydrogen) atoms. The quantitative estimate of drug-likeness (QED) is 0.317. The summed E-state index contributed by atoms with van der Waals surface area (Å²) in [6, 6.07) is 7.44. The first-order valence-electron chi connectivity index (χ1n) is 10.1. The summed E-state index contributed by atoms with van der Waals surface area (Å²) in [5, 5.41) is -0.0333. The Labute approximate surface area is 162 Å². The molecule has 1 aliphatic rings. The number of carbonyl (C=O) groups excluding carboxylic acids is 2. The van der Waals surface area contributed by atoms with Gasteiger partial charge in [-0.05, 0) is 24.1 Å². The maximum absolute atomic E-state index is 11.8. The van der Waals surface area contributed by atoms with Crippen LogP contribution in [0, 0.1) is 0 Å². The minimum absolute atomic E-state index is 0.0130. The fourth-order valence-corrected chi connectivity index (χ4v) is 4.18. The second-order valence-electron chi connectivity index (χ2n) is 7.11. The Morgan fingerprint density at radius 3 is 2.00 bits per heavy atom. The highest BCUT2D eigenvalue weighted by molar-refractivity contribution is 8.15. The van der Waals surface area contributed by atoms with Crippen LogP contribution in [0.2, 0.25) is 0 Å². The van der Waals surface area contributed by atoms with Gasteiger partial charge < -0.3 is 4.74 Å². The average Bonchev–Trinajstić information content (AvgIpc) is 2.99. The molecule has 1 unspecified atom stereocenters. The molecule has 0 bridgehead atoms. The van der Waals surface area contributed by atoms with E-state index in [1.807, 2.05) is 24.3 Å². The van der Waals surface area contributed by atoms with E-state index < -0.39 is 5.92 Å². The number of unbranched alkanes of at least 4 members (excludes halogenated alkanes) is 9. The number of rotatable bonds is 13. The number of hydrogen-bond acceptors (Lipinski definition) is 4. The van der Waals surface area contributed by atoms with Crippen molar-refractivity contribution in [1.82, 2.24) is 0 Å². The smallest absolute Gasteiger partial charge is 0.204 e. The molecular formula is C22H32O3S. The van der Waals surface area contributed by atoms with Crippen molar-refractivity contribution < 1.29 is 14.3 Å². The van der Waals surface area contributed by atoms with Crippen LogP contribution in [0.3, 0.4) is 0 Å². The zero-order valence-electron chi connectivity index (χ0n) is 16.0. The molecule has 0 radical (unpaired) electrons. The van der Waals surface area contributed by atoms with Gasteiger partial charge in [0.15, 0.2) is 5.78 Å². The van der Waals surface area contributed by atoms with Crippen LogP contribution in [-0.2, 0) is 9.59 Å². The zero-order valence-corrected chi connectivity index (χ0v) is 16.8. The fraction of sp³-hybridized carbons (Fsp3) is 0.636. The van der Waals surface area contributed by atoms with Gasteiger partial charge in [-0.15, -0.1) is 0 Å². The fourth-order valence-electron chi connectivity index (χ4n) is 3.30. The van der Waals surface area contributed by atoms with Crippen LogP contribution in [0.1, 0.15) is 82.6 Å². The van der Waals surface area contributed by atoms with Gasteiger partial charge in [-0.3, -0.25) is 9.59 Å². The molecule has 1 saturated heterocycles. The van der Waals surface area contributed by atoms with Crippen molar-refractivity contribution in [2.75, 3.05) is 12.4 Å². The lowest BCUT2D eigenvalue weighted by atomic mass is 9.97. The topological polar surface area (TPSA) is 43.4 Å². The molecule has 1 aromatic rings. The highest BCUT2D eigenvalue weighted by Gasteiger charge is 2.34. The Morgan fingerprint density at radius 2 is 1.46 bits per heavy atom. The van der Waals surface area contributed by atoms with Gasteiger partial charge in [-0.1, -0.05) is 88.6 Å². The Hall–Kier alpha value is -1.29. The van der Waals surface area contributed by atoms with E-state index in [2.05, 4.69) is 6.92 Å². The summed E-state index contributed by atoms with van der Waals surface area (Å²) in [6.45, 7) is 2.99. The van der Waals surface area contributed by atoms with E-state index in [0.29, 0.717) is 5.75 Å². The summed E-state index contributed by atoms with van der Waals surface area (Å²) in [5.74, 6) is 0.561. The highest BCUT2D eigenvalue weighted by Crippen LogP contribution is 2.32. The van der Waals surface area contributed by atoms with Gasteiger partial charge >= 0.3 is 0 Å². The number of benzene rings is 1. The third-order valence-electron chi connectivity index (χ3n) is 4.89. The van der Waals surface area contributed by atoms with Crippen LogP contribution in [0.15, 0.2) is 24.3 Å². The second kappa shape index (κ2) is 12.2. The minimum atomic E-state index is -0.573. The molecule has 0 saturated carbocycles. The van der Waals surface area contributed by atoms with Crippen molar-refractivity contribution in [3.05, 3.63) is 29.8 Å². The van der Waals surface area contributed by atoms with Crippen molar-refractivity contribution in [2.24, 2.45) is 0 Å². The first-order chi connectivity index (χ1) is 12.7. The van der Waals surface area contributed by atoms with Crippen molar-refractivity contribution >= 4 is 22.7 Å². The van der Waals surface area contributed by atoms with Gasteiger partial charge in [0.05, 0.1) is 12.4 Å². The lowest BCUT2D eigenvalue weighted by Crippen LogP contribution is -2.12. The molecule has 1 fully saturated rings. The van der Waals surface area contributed by atoms with Gasteiger partial charge in [-0.25, -0.2) is 0 Å². The standard InChI is InChI=1S/C22H32O3S/c1-2-3-4-5-6-7-8-9-10-11-16-25-19-14-12-18(13-15-19)21-20(23)17-26-22(21)24/h12-15,21H,2-11,16-17H2,1H3. The summed E-state index contributed by atoms with van der Waals surface area (Å²) in [5.41, 5.74) is 0.788. The van der Waals surface area contributed by atoms with Crippen molar-refractivity contribution in [2.45, 2.75) is 77.0 Å². The van der Waals surface area contributed by atoms with E-state index in [0.717, 1.165) is 36.1 Å². The summed E-state index contributed by atoms with van der Waals surface area (Å²) < 4.78 is 5.77. The Kier molecular flexibility index (Phi) is 9.83. The van der Waals surface area contributed by atoms with Crippen LogP contribution in [0.25, 0.3) is 0 Å². The second-order valence-corrected chi connectivity index (χ2v) is 8.09. The first kappa shape index (κ1) is 21.0. The Bertz CT molecular complexity index is 537. The molecule has 0 N–H and O–H groups in total. The van der Waals surface area contributed by atoms with E-state index in [1.54, 1.807) is 0 Å². The SMILES string of the molecule is CCCCCCCCCCCCOc1ccc(C2C(=O)CSC2=O)cc1. The van der Waals surface area contributed by atoms with Crippen LogP contribution in [-0.4, -0.2) is 23.3 Å². The summed E-state index contributed by atoms with van der Waals surface area (Å²) in [4.78, 5) is 23.5. The van der Waals surface area contributed by atoms with Crippen LogP contribution in [0.5, 0.6) is 5.75 Å². The maximum atomic E-state index is 11.8. The molecule has 1 aliphatic heterocycles. The Morgan fingerprint density at radius 1 is 0.885 bits per heavy atom. The molecule has 1 atom stereocenters. The molecule has 144 valence electrons. The van der Waals surface area contributed by atoms with Gasteiger partial charge in [0.2, 0.25) is 5.12 Å². The summed E-state index contributed by atoms with van der Waals surface area (Å²) in [7, 11) is 0. The van der Waals surface area contributed by atoms with Crippen molar-refractivity contribution in [3.8, 4) is 5.75 Å². The van der Waals surface area contributed by atoms with Gasteiger partial charge in [0.25, 0.3) is 0 Å². The predicted octanol–water partition coefficient (Wildman–Crippen LogP) is 5.91. The number of thioether (sulfide) groups is 1. The first-order valence-corrected chi connectivity index (χ1v) is 11.1. The number of Topliss-reactive ketones (excluding diaryl/α,β-unsaturated/α-hetero) is 1. The molecular weight excluding hydrogens is 344 g/mol. The molecule has 0 aromatic heterocycles. The normalized spacial score (nSPS) is 17.0. The van der Waals surface area contributed by atoms with E-state index in [-0.39, 0.29) is 10.9 Å². The summed E-state index contributed by atoms with van der Waals surface area (Å²) in [6.07, 6.45) is 13.2. The molecule has 4 heteroatoms. The van der Waals surface area contributed by atoms with E-state index in [1.165, 1.54) is 57.8 Å². The van der Waals surface area contributed by atoms with Crippen molar-refractivity contribution in [1.29, 1.82) is 0 Å². The third-order valence-corrected chi connectivity index (χ3v) is 5.84.